The quantitative estimate of drug-likeness (QED) is 0.0195. The first-order valence-electron chi connectivity index (χ1n) is 45.3. The van der Waals surface area contributed by atoms with Gasteiger partial charge in [0.15, 0.2) is 0 Å². The lowest BCUT2D eigenvalue weighted by molar-refractivity contribution is -0.142. The number of hydrogen-bond donors (Lipinski definition) is 6. The van der Waals surface area contributed by atoms with Crippen LogP contribution in [0.15, 0.2) is 260 Å². The molecule has 27 nitrogen and oxygen atoms in total. The third-order valence-corrected chi connectivity index (χ3v) is 22.8. The normalized spacial score (nSPS) is 10.9. The number of furan rings is 4. The number of nitriles is 2. The predicted molar refractivity (Wildman–Crippen MR) is 529 cm³/mol. The predicted octanol–water partition coefficient (Wildman–Crippen LogP) is 21.4. The van der Waals surface area contributed by atoms with Crippen molar-refractivity contribution in [3.8, 4) is 79.6 Å². The number of hydrogen-bond acceptors (Lipinski definition) is 22. The maximum Gasteiger partial charge on any atom is 0.310 e. The number of aliphatic carboxylic acids is 3. The van der Waals surface area contributed by atoms with Gasteiger partial charge in [-0.25, -0.2) is 0 Å². The molecule has 0 bridgehead atoms. The number of methoxy groups -OCH3 is 4. The van der Waals surface area contributed by atoms with Gasteiger partial charge in [-0.05, 0) is 220 Å². The molecule has 2 amide bonds. The van der Waals surface area contributed by atoms with E-state index in [9.17, 15) is 54.6 Å². The second kappa shape index (κ2) is 48.4. The van der Waals surface area contributed by atoms with E-state index >= 15 is 0 Å². The maximum absolute atomic E-state index is 12.1. The number of nitrogens with zero attached hydrogens (tertiary/aromatic N) is 2. The molecular formula is C113H107N5O22. The first-order chi connectivity index (χ1) is 67.8. The van der Waals surface area contributed by atoms with Crippen molar-refractivity contribution >= 4 is 79.6 Å². The molecule has 0 spiro atoms. The molecule has 0 radical (unpaired) electrons. The number of rotatable bonds is 39. The van der Waals surface area contributed by atoms with Gasteiger partial charge in [0, 0.05) is 112 Å². The van der Waals surface area contributed by atoms with Crippen LogP contribution in [0.25, 0.3) is 88.4 Å². The maximum atomic E-state index is 12.1. The number of carbonyl (C=O) groups is 6. The van der Waals surface area contributed by atoms with Gasteiger partial charge in [0.05, 0.1) is 55.6 Å². The van der Waals surface area contributed by atoms with E-state index in [1.807, 2.05) is 109 Å². The minimum atomic E-state index is -1.01. The summed E-state index contributed by atoms with van der Waals surface area (Å²) in [4.78, 5) is 69.2. The number of esters is 1. The summed E-state index contributed by atoms with van der Waals surface area (Å²) in [6.07, 6.45) is 2.19. The van der Waals surface area contributed by atoms with Crippen LogP contribution in [0, 0.1) is 22.7 Å². The Balaban J connectivity index is 0.000000157. The van der Waals surface area contributed by atoms with Crippen LogP contribution in [-0.2, 0) is 147 Å². The van der Waals surface area contributed by atoms with Gasteiger partial charge in [0.2, 0.25) is 11.8 Å². The van der Waals surface area contributed by atoms with Crippen molar-refractivity contribution in [2.75, 3.05) is 35.0 Å². The number of benzene rings is 12. The highest BCUT2D eigenvalue weighted by atomic mass is 16.5. The summed E-state index contributed by atoms with van der Waals surface area (Å²) in [5, 5.41) is 50.0. The Hall–Kier alpha value is -16.4. The number of carbonyl (C=O) groups excluding carboxylic acids is 3. The van der Waals surface area contributed by atoms with Crippen LogP contribution in [0.4, 0.5) is 0 Å². The molecule has 0 fully saturated rings. The molecule has 4 aromatic heterocycles. The van der Waals surface area contributed by atoms with Gasteiger partial charge < -0.3 is 92.8 Å². The van der Waals surface area contributed by atoms with Crippen LogP contribution in [0.3, 0.4) is 0 Å². The van der Waals surface area contributed by atoms with Gasteiger partial charge in [-0.1, -0.05) is 136 Å². The molecule has 12 aromatic carbocycles. The molecule has 27 heteroatoms. The molecule has 716 valence electrons. The molecular weight excluding hydrogens is 1780 g/mol. The highest BCUT2D eigenvalue weighted by Crippen LogP contribution is 2.41. The number of amides is 2. The van der Waals surface area contributed by atoms with Gasteiger partial charge >= 0.3 is 23.9 Å². The van der Waals surface area contributed by atoms with Crippen LogP contribution in [0.2, 0.25) is 0 Å². The average molecular weight is 1890 g/mol. The number of aryl methyl sites for hydroxylation is 3. The zero-order valence-corrected chi connectivity index (χ0v) is 78.8. The Morgan fingerprint density at radius 2 is 0.600 bits per heavy atom. The number of primary amides is 2. The summed E-state index contributed by atoms with van der Waals surface area (Å²) < 4.78 is 74.8. The summed E-state index contributed by atoms with van der Waals surface area (Å²) in [5.74, 6) is -0.162. The minimum Gasteiger partial charge on any atom is -0.489 e. The number of carboxylic acid groups (broad SMARTS) is 3. The summed E-state index contributed by atoms with van der Waals surface area (Å²) in [6.45, 7) is 11.1. The van der Waals surface area contributed by atoms with Crippen LogP contribution in [0.5, 0.6) is 23.0 Å². The molecule has 0 aliphatic rings. The van der Waals surface area contributed by atoms with Crippen molar-refractivity contribution in [1.82, 2.24) is 0 Å². The molecule has 140 heavy (non-hydrogen) atoms. The first kappa shape index (κ1) is 101. The van der Waals surface area contributed by atoms with E-state index in [1.165, 1.54) is 41.0 Å². The molecule has 0 unspecified atom stereocenters. The smallest absolute Gasteiger partial charge is 0.310 e. The van der Waals surface area contributed by atoms with Crippen molar-refractivity contribution in [3.63, 3.8) is 0 Å². The largest absolute Gasteiger partial charge is 0.489 e. The van der Waals surface area contributed by atoms with Gasteiger partial charge in [0.1, 0.15) is 121 Å². The SMILES string of the molecule is CCOC(=O)Cc1ccc(C#N)cc1OCc1cc(-c2cccc(CC)c2)c2oc(COC)cc2c1.CCc1cccc(-c2cc(COc3cc(C#N)ccc3CC(=O)O)cc3cc(COC)oc23)c1.CCc1cccc(-c2cc(COc3cc(C(N)=O)ccc3CC(=O)O)cc3cc(COC)oc23)c1.COCc1cc2cc(COc3cc(C(N)=O)ccc3CC(=O)O)cc(-c3cccc(CN)c3)c2o1. The number of fused-ring (bicyclic) bond motifs is 4. The molecule has 16 aromatic rings. The van der Waals surface area contributed by atoms with Crippen molar-refractivity contribution in [1.29, 1.82) is 10.5 Å². The first-order valence-corrected chi connectivity index (χ1v) is 45.3. The van der Waals surface area contributed by atoms with E-state index < -0.39 is 29.7 Å². The summed E-state index contributed by atoms with van der Waals surface area (Å²) in [6, 6.07) is 79.9. The number of nitrogens with two attached hydrogens (primary N) is 3. The average Bonchev–Trinajstić information content (AvgIpc) is 1.61. The van der Waals surface area contributed by atoms with E-state index in [0.29, 0.717) is 107 Å². The van der Waals surface area contributed by atoms with Crippen LogP contribution < -0.4 is 36.1 Å². The van der Waals surface area contributed by atoms with Crippen LogP contribution in [-0.4, -0.2) is 86.1 Å². The molecule has 4 heterocycles. The topological polar surface area (TPSA) is 424 Å². The summed E-state index contributed by atoms with van der Waals surface area (Å²) in [5.41, 5.74) is 39.2. The second-order valence-corrected chi connectivity index (χ2v) is 33.0. The zero-order valence-electron chi connectivity index (χ0n) is 78.8. The molecule has 0 atom stereocenters. The van der Waals surface area contributed by atoms with Gasteiger partial charge in [-0.3, -0.25) is 28.8 Å². The van der Waals surface area contributed by atoms with E-state index in [1.54, 1.807) is 83.9 Å². The Morgan fingerprint density at radius 1 is 0.321 bits per heavy atom. The zero-order chi connectivity index (χ0) is 99.5. The molecule has 0 saturated carbocycles. The molecule has 0 aliphatic carbocycles. The van der Waals surface area contributed by atoms with E-state index in [0.717, 1.165) is 147 Å². The third kappa shape index (κ3) is 26.4. The molecule has 16 rings (SSSR count). The molecule has 0 aliphatic heterocycles. The fourth-order valence-corrected chi connectivity index (χ4v) is 16.1. The lowest BCUT2D eigenvalue weighted by Gasteiger charge is -2.13. The number of ether oxygens (including phenoxy) is 9. The van der Waals surface area contributed by atoms with E-state index in [-0.39, 0.29) is 69.2 Å². The van der Waals surface area contributed by atoms with Crippen LogP contribution >= 0.6 is 0 Å². The van der Waals surface area contributed by atoms with E-state index in [2.05, 4.69) is 93.6 Å². The monoisotopic (exact) mass is 1890 g/mol. The summed E-state index contributed by atoms with van der Waals surface area (Å²) in [7, 11) is 6.49. The molecule has 9 N–H and O–H groups in total. The third-order valence-electron chi connectivity index (χ3n) is 22.8. The van der Waals surface area contributed by atoms with Gasteiger partial charge in [-0.15, -0.1) is 0 Å². The minimum absolute atomic E-state index is 0.0745. The Kier molecular flexibility index (Phi) is 34.9. The highest BCUT2D eigenvalue weighted by molar-refractivity contribution is 5.98. The lowest BCUT2D eigenvalue weighted by atomic mass is 9.98. The van der Waals surface area contributed by atoms with Gasteiger partial charge in [-0.2, -0.15) is 10.5 Å². The highest BCUT2D eigenvalue weighted by Gasteiger charge is 2.24. The van der Waals surface area contributed by atoms with Gasteiger partial charge in [0.25, 0.3) is 0 Å². The standard InChI is InChI=1S/C30H29NO5.C28H27NO6.C28H25NO5.C27H26N2O6/c1-4-20-7-6-8-23(11-20)27-13-22(12-25-15-26(19-33-3)36-30(25)27)18-35-28-14-21(17-31)9-10-24(28)16-29(32)34-5-2;1-3-17-5-4-6-19(9-17)24-11-18(10-22-12-23(16-33-2)35-27(22)24)15-34-25-13-21(28(29)32)8-7-20(25)14-26(30)31;1-3-18-5-4-6-21(9-18)25-11-20(10-23-13-24(17-32-2)34-28(23)25)16-33-26-12-19(15-29)7-8-22(26)14-27(30)31;1-33-15-22-10-21-8-17(9-23(26(21)35-22)18-4-2-3-16(7-18)13-28)14-34-24-11-20(27(29)32)6-5-19(24)12-25(30)31/h6-15H,4-5,16,18-19H2,1-3H3;4-13H,3,14-16H2,1-2H3,(H2,29,32)(H,30,31);4-13H,3,14,16-17H2,1-2H3,(H,30,31);2-11H,12-15,28H2,1H3,(H2,29,32)(H,30,31). The Labute approximate surface area is 808 Å². The lowest BCUT2D eigenvalue weighted by Crippen LogP contribution is -2.12. The summed E-state index contributed by atoms with van der Waals surface area (Å²) >= 11 is 0. The van der Waals surface area contributed by atoms with Crippen molar-refractivity contribution in [2.24, 2.45) is 17.2 Å². The van der Waals surface area contributed by atoms with Crippen molar-refractivity contribution in [3.05, 3.63) is 355 Å². The Bertz CT molecular complexity index is 7070. The van der Waals surface area contributed by atoms with Crippen molar-refractivity contribution in [2.45, 2.75) is 132 Å². The fraction of sp³-hybridized carbons (Fsp3) is 0.221. The van der Waals surface area contributed by atoms with E-state index in [4.69, 9.17) is 77.5 Å². The number of carboxylic acids is 3. The van der Waals surface area contributed by atoms with Crippen LogP contribution in [0.1, 0.15) is 149 Å². The fourth-order valence-electron chi connectivity index (χ4n) is 16.1. The second-order valence-electron chi connectivity index (χ2n) is 33.0. The Morgan fingerprint density at radius 3 is 0.864 bits per heavy atom. The molecule has 0 saturated heterocycles. The van der Waals surface area contributed by atoms with Crippen molar-refractivity contribution < 1.29 is 104 Å².